The predicted molar refractivity (Wildman–Crippen MR) is 73.9 cm³/mol. The number of aryl methyl sites for hydroxylation is 1. The van der Waals surface area contributed by atoms with Crippen molar-refractivity contribution in [1.82, 2.24) is 0 Å². The van der Waals surface area contributed by atoms with Gasteiger partial charge in [-0.1, -0.05) is 44.2 Å². The number of nitrogens with two attached hydrogens (primary N) is 1. The summed E-state index contributed by atoms with van der Waals surface area (Å²) < 4.78 is 13.6. The van der Waals surface area contributed by atoms with E-state index in [1.165, 1.54) is 44.9 Å². The lowest BCUT2D eigenvalue weighted by atomic mass is 9.83. The van der Waals surface area contributed by atoms with Crippen molar-refractivity contribution in [3.63, 3.8) is 0 Å². The van der Waals surface area contributed by atoms with Gasteiger partial charge < -0.3 is 5.73 Å². The van der Waals surface area contributed by atoms with Gasteiger partial charge in [-0.3, -0.25) is 0 Å². The van der Waals surface area contributed by atoms with Crippen LogP contribution in [0.5, 0.6) is 0 Å². The van der Waals surface area contributed by atoms with Gasteiger partial charge in [-0.25, -0.2) is 4.39 Å². The number of benzene rings is 1. The third-order valence-electron chi connectivity index (χ3n) is 4.24. The van der Waals surface area contributed by atoms with Gasteiger partial charge in [-0.05, 0) is 42.9 Å². The summed E-state index contributed by atoms with van der Waals surface area (Å²) >= 11 is 0. The number of hydrogen-bond acceptors (Lipinski definition) is 1. The zero-order valence-corrected chi connectivity index (χ0v) is 11.3. The smallest absolute Gasteiger partial charge is 0.126 e. The fourth-order valence-corrected chi connectivity index (χ4v) is 2.94. The molecule has 2 N–H and O–H groups in total. The van der Waals surface area contributed by atoms with E-state index in [4.69, 9.17) is 5.73 Å². The van der Waals surface area contributed by atoms with Crippen LogP contribution in [0.2, 0.25) is 0 Å². The fraction of sp³-hybridized carbons (Fsp3) is 0.625. The summed E-state index contributed by atoms with van der Waals surface area (Å²) in [5.74, 6) is 0.390. The normalized spacial score (nSPS) is 20.2. The molecule has 0 radical (unpaired) electrons. The Balaban J connectivity index is 2.08. The zero-order valence-electron chi connectivity index (χ0n) is 11.3. The highest BCUT2D eigenvalue weighted by Gasteiger charge is 2.20. The van der Waals surface area contributed by atoms with Crippen LogP contribution in [0, 0.1) is 18.7 Å². The molecule has 2 heteroatoms. The molecule has 1 aliphatic rings. The van der Waals surface area contributed by atoms with Crippen LogP contribution in [-0.4, -0.2) is 0 Å². The molecule has 2 rings (SSSR count). The van der Waals surface area contributed by atoms with Gasteiger partial charge in [0.05, 0.1) is 0 Å². The Labute approximate surface area is 110 Å². The lowest BCUT2D eigenvalue weighted by Gasteiger charge is -2.26. The molecular weight excluding hydrogens is 225 g/mol. The Morgan fingerprint density at radius 1 is 1.11 bits per heavy atom. The molecule has 1 aliphatic carbocycles. The molecule has 1 fully saturated rings. The summed E-state index contributed by atoms with van der Waals surface area (Å²) in [6.45, 7) is 1.79. The van der Waals surface area contributed by atoms with Crippen molar-refractivity contribution in [2.45, 2.75) is 57.9 Å². The van der Waals surface area contributed by atoms with Crippen LogP contribution in [0.4, 0.5) is 4.39 Å². The largest absolute Gasteiger partial charge is 0.324 e. The summed E-state index contributed by atoms with van der Waals surface area (Å²) in [5, 5.41) is 0. The van der Waals surface area contributed by atoms with Crippen LogP contribution >= 0.6 is 0 Å². The Morgan fingerprint density at radius 2 is 1.72 bits per heavy atom. The Bertz CT molecular complexity index is 381. The van der Waals surface area contributed by atoms with Crippen molar-refractivity contribution in [2.24, 2.45) is 11.7 Å². The van der Waals surface area contributed by atoms with E-state index in [0.717, 1.165) is 5.56 Å². The van der Waals surface area contributed by atoms with Crippen molar-refractivity contribution in [3.8, 4) is 0 Å². The van der Waals surface area contributed by atoms with Gasteiger partial charge in [-0.2, -0.15) is 0 Å². The second-order valence-corrected chi connectivity index (χ2v) is 5.64. The standard InChI is InChI=1S/C16H24FN/c1-12-9-10-14(11-15(12)17)16(18)13-7-5-3-2-4-6-8-13/h9-11,13,16H,2-8,18H2,1H3. The predicted octanol–water partition coefficient (Wildman–Crippen LogP) is 4.49. The first kappa shape index (κ1) is 13.5. The van der Waals surface area contributed by atoms with Gasteiger partial charge in [0.25, 0.3) is 0 Å². The van der Waals surface area contributed by atoms with Gasteiger partial charge in [0.15, 0.2) is 0 Å². The topological polar surface area (TPSA) is 26.0 Å². The highest BCUT2D eigenvalue weighted by molar-refractivity contribution is 5.26. The summed E-state index contributed by atoms with van der Waals surface area (Å²) in [6, 6.07) is 5.45. The van der Waals surface area contributed by atoms with E-state index >= 15 is 0 Å². The van der Waals surface area contributed by atoms with Crippen LogP contribution in [-0.2, 0) is 0 Å². The Hall–Kier alpha value is -0.890. The van der Waals surface area contributed by atoms with Crippen LogP contribution in [0.25, 0.3) is 0 Å². The summed E-state index contributed by atoms with van der Waals surface area (Å²) in [5.41, 5.74) is 8.00. The van der Waals surface area contributed by atoms with Crippen LogP contribution in [0.1, 0.15) is 62.1 Å². The van der Waals surface area contributed by atoms with E-state index in [1.807, 2.05) is 12.1 Å². The molecule has 0 amide bonds. The maximum atomic E-state index is 13.6. The average Bonchev–Trinajstić information content (AvgIpc) is 2.31. The van der Waals surface area contributed by atoms with Crippen molar-refractivity contribution in [1.29, 1.82) is 0 Å². The molecule has 1 saturated carbocycles. The molecule has 1 aromatic carbocycles. The van der Waals surface area contributed by atoms with Gasteiger partial charge >= 0.3 is 0 Å². The molecule has 0 bridgehead atoms. The molecule has 100 valence electrons. The van der Waals surface area contributed by atoms with Gasteiger partial charge in [-0.15, -0.1) is 0 Å². The lowest BCUT2D eigenvalue weighted by molar-refractivity contribution is 0.327. The molecule has 1 unspecified atom stereocenters. The van der Waals surface area contributed by atoms with E-state index in [9.17, 15) is 4.39 Å². The van der Waals surface area contributed by atoms with Crippen molar-refractivity contribution in [2.75, 3.05) is 0 Å². The first-order valence-corrected chi connectivity index (χ1v) is 7.20. The van der Waals surface area contributed by atoms with Crippen LogP contribution in [0.15, 0.2) is 18.2 Å². The molecule has 0 spiro atoms. The maximum Gasteiger partial charge on any atom is 0.126 e. The number of halogens is 1. The quantitative estimate of drug-likeness (QED) is 0.820. The summed E-state index contributed by atoms with van der Waals surface area (Å²) in [7, 11) is 0. The van der Waals surface area contributed by atoms with E-state index in [0.29, 0.717) is 11.5 Å². The average molecular weight is 249 g/mol. The number of hydrogen-bond donors (Lipinski definition) is 1. The Morgan fingerprint density at radius 3 is 2.33 bits per heavy atom. The minimum absolute atomic E-state index is 0.00167. The molecular formula is C16H24FN. The molecule has 1 atom stereocenters. The molecule has 18 heavy (non-hydrogen) atoms. The second kappa shape index (κ2) is 6.33. The van der Waals surface area contributed by atoms with Gasteiger partial charge in [0.1, 0.15) is 5.82 Å². The molecule has 0 aliphatic heterocycles. The molecule has 0 saturated heterocycles. The highest BCUT2D eigenvalue weighted by atomic mass is 19.1. The first-order valence-electron chi connectivity index (χ1n) is 7.20. The van der Waals surface area contributed by atoms with Crippen molar-refractivity contribution < 1.29 is 4.39 Å². The fourth-order valence-electron chi connectivity index (χ4n) is 2.94. The van der Waals surface area contributed by atoms with Gasteiger partial charge in [0, 0.05) is 6.04 Å². The molecule has 1 aromatic rings. The molecule has 1 nitrogen and oxygen atoms in total. The first-order chi connectivity index (χ1) is 8.68. The SMILES string of the molecule is Cc1ccc(C(N)C2CCCCCCC2)cc1F. The van der Waals surface area contributed by atoms with E-state index in [1.54, 1.807) is 13.0 Å². The molecule has 0 aromatic heterocycles. The van der Waals surface area contributed by atoms with Crippen LogP contribution in [0.3, 0.4) is 0 Å². The minimum Gasteiger partial charge on any atom is -0.324 e. The van der Waals surface area contributed by atoms with Crippen molar-refractivity contribution in [3.05, 3.63) is 35.1 Å². The van der Waals surface area contributed by atoms with E-state index in [-0.39, 0.29) is 11.9 Å². The third-order valence-corrected chi connectivity index (χ3v) is 4.24. The minimum atomic E-state index is -0.131. The third kappa shape index (κ3) is 3.32. The highest BCUT2D eigenvalue weighted by Crippen LogP contribution is 2.31. The van der Waals surface area contributed by atoms with Crippen LogP contribution < -0.4 is 5.73 Å². The zero-order chi connectivity index (χ0) is 13.0. The lowest BCUT2D eigenvalue weighted by Crippen LogP contribution is -2.22. The summed E-state index contributed by atoms with van der Waals surface area (Å²) in [4.78, 5) is 0. The number of rotatable bonds is 2. The second-order valence-electron chi connectivity index (χ2n) is 5.64. The monoisotopic (exact) mass is 249 g/mol. The van der Waals surface area contributed by atoms with Gasteiger partial charge in [0.2, 0.25) is 0 Å². The van der Waals surface area contributed by atoms with E-state index < -0.39 is 0 Å². The molecule has 0 heterocycles. The Kier molecular flexibility index (Phi) is 4.76. The summed E-state index contributed by atoms with van der Waals surface area (Å²) in [6.07, 6.45) is 8.94. The maximum absolute atomic E-state index is 13.6. The van der Waals surface area contributed by atoms with E-state index in [2.05, 4.69) is 0 Å². The van der Waals surface area contributed by atoms with Crippen molar-refractivity contribution >= 4 is 0 Å².